The fraction of sp³-hybridized carbons (Fsp3) is 0.455. The normalized spacial score (nSPS) is 13.6. The Morgan fingerprint density at radius 3 is 2.81 bits per heavy atom. The Morgan fingerprint density at radius 1 is 1.50 bits per heavy atom. The second-order valence-electron chi connectivity index (χ2n) is 3.93. The zero-order valence-electron chi connectivity index (χ0n) is 9.33. The summed E-state index contributed by atoms with van der Waals surface area (Å²) in [6, 6.07) is 0. The van der Waals surface area contributed by atoms with E-state index in [0.717, 1.165) is 18.5 Å². The topological polar surface area (TPSA) is 71.3 Å². The second kappa shape index (κ2) is 3.66. The molecule has 1 amide bonds. The maximum atomic E-state index is 12.0. The van der Waals surface area contributed by atoms with Gasteiger partial charge < -0.3 is 15.0 Å². The van der Waals surface area contributed by atoms with Crippen LogP contribution in [0.5, 0.6) is 5.75 Å². The van der Waals surface area contributed by atoms with Crippen molar-refractivity contribution in [2.24, 2.45) is 0 Å². The number of amides is 1. The number of carbonyl (C=O) groups is 1. The molecule has 0 bridgehead atoms. The van der Waals surface area contributed by atoms with E-state index in [1.54, 1.807) is 11.5 Å². The molecule has 2 N–H and O–H groups in total. The lowest BCUT2D eigenvalue weighted by atomic mass is 10.1. The van der Waals surface area contributed by atoms with Crippen LogP contribution < -0.4 is 10.9 Å². The van der Waals surface area contributed by atoms with Crippen LogP contribution in [0, 0.1) is 6.92 Å². The standard InChI is InChI=1S/C11H14N2O3/c1-6-7-4-3-5-13(7)11(16)8(9(6)14)10(15)12-2/h14H,3-5H2,1-2H3,(H,12,15). The third-order valence-corrected chi connectivity index (χ3v) is 3.06. The van der Waals surface area contributed by atoms with E-state index in [1.165, 1.54) is 7.05 Å². The molecule has 0 atom stereocenters. The lowest BCUT2D eigenvalue weighted by molar-refractivity contribution is 0.0958. The Balaban J connectivity index is 2.77. The third-order valence-electron chi connectivity index (χ3n) is 3.06. The minimum atomic E-state index is -0.534. The molecular formula is C11H14N2O3. The maximum absolute atomic E-state index is 12.0. The van der Waals surface area contributed by atoms with Gasteiger partial charge in [-0.2, -0.15) is 0 Å². The zero-order valence-corrected chi connectivity index (χ0v) is 9.33. The molecule has 1 aromatic heterocycles. The molecule has 86 valence electrons. The molecule has 0 unspecified atom stereocenters. The average molecular weight is 222 g/mol. The molecule has 0 aliphatic carbocycles. The Bertz CT molecular complexity index is 517. The van der Waals surface area contributed by atoms with Gasteiger partial charge in [-0.25, -0.2) is 0 Å². The lowest BCUT2D eigenvalue weighted by Crippen LogP contribution is -2.32. The number of carbonyl (C=O) groups excluding carboxylic acids is 1. The Labute approximate surface area is 92.7 Å². The summed E-state index contributed by atoms with van der Waals surface area (Å²) in [4.78, 5) is 23.5. The Kier molecular flexibility index (Phi) is 2.46. The molecule has 2 heterocycles. The van der Waals surface area contributed by atoms with E-state index in [-0.39, 0.29) is 11.3 Å². The van der Waals surface area contributed by atoms with E-state index < -0.39 is 11.5 Å². The van der Waals surface area contributed by atoms with Crippen LogP contribution in [-0.4, -0.2) is 22.6 Å². The summed E-state index contributed by atoms with van der Waals surface area (Å²) in [5, 5.41) is 12.2. The van der Waals surface area contributed by atoms with Gasteiger partial charge in [0.25, 0.3) is 11.5 Å². The van der Waals surface area contributed by atoms with Crippen LogP contribution in [0.2, 0.25) is 0 Å². The first-order chi connectivity index (χ1) is 7.57. The highest BCUT2D eigenvalue weighted by molar-refractivity contribution is 5.96. The van der Waals surface area contributed by atoms with E-state index in [0.29, 0.717) is 12.1 Å². The summed E-state index contributed by atoms with van der Waals surface area (Å²) in [6.07, 6.45) is 1.66. The average Bonchev–Trinajstić information content (AvgIpc) is 2.75. The van der Waals surface area contributed by atoms with Gasteiger partial charge in [-0.1, -0.05) is 0 Å². The van der Waals surface area contributed by atoms with Crippen LogP contribution in [0.4, 0.5) is 0 Å². The number of fused-ring (bicyclic) bond motifs is 1. The minimum absolute atomic E-state index is 0.148. The number of aromatic nitrogens is 1. The fourth-order valence-electron chi connectivity index (χ4n) is 2.18. The predicted molar refractivity (Wildman–Crippen MR) is 58.8 cm³/mol. The van der Waals surface area contributed by atoms with Crippen LogP contribution in [-0.2, 0) is 13.0 Å². The van der Waals surface area contributed by atoms with E-state index in [1.807, 2.05) is 0 Å². The van der Waals surface area contributed by atoms with Crippen molar-refractivity contribution in [3.8, 4) is 5.75 Å². The third kappa shape index (κ3) is 1.31. The molecule has 5 nitrogen and oxygen atoms in total. The first kappa shape index (κ1) is 10.7. The smallest absolute Gasteiger partial charge is 0.267 e. The molecule has 0 fully saturated rings. The van der Waals surface area contributed by atoms with Gasteiger partial charge in [0.05, 0.1) is 0 Å². The highest BCUT2D eigenvalue weighted by Gasteiger charge is 2.25. The number of rotatable bonds is 1. The van der Waals surface area contributed by atoms with E-state index >= 15 is 0 Å². The predicted octanol–water partition coefficient (Wildman–Crippen LogP) is 0.168. The molecule has 0 saturated carbocycles. The van der Waals surface area contributed by atoms with Crippen molar-refractivity contribution in [3.63, 3.8) is 0 Å². The molecule has 0 spiro atoms. The second-order valence-corrected chi connectivity index (χ2v) is 3.93. The summed E-state index contributed by atoms with van der Waals surface area (Å²) in [5.74, 6) is -0.717. The number of pyridine rings is 1. The molecule has 0 radical (unpaired) electrons. The monoisotopic (exact) mass is 222 g/mol. The van der Waals surface area contributed by atoms with Crippen LogP contribution >= 0.6 is 0 Å². The van der Waals surface area contributed by atoms with Gasteiger partial charge in [-0.15, -0.1) is 0 Å². The van der Waals surface area contributed by atoms with Crippen LogP contribution in [0.3, 0.4) is 0 Å². The minimum Gasteiger partial charge on any atom is -0.507 e. The van der Waals surface area contributed by atoms with Gasteiger partial charge in [0.1, 0.15) is 11.3 Å². The lowest BCUT2D eigenvalue weighted by Gasteiger charge is -2.12. The number of hydrogen-bond acceptors (Lipinski definition) is 3. The summed E-state index contributed by atoms with van der Waals surface area (Å²) in [7, 11) is 1.44. The quantitative estimate of drug-likeness (QED) is 0.711. The summed E-state index contributed by atoms with van der Waals surface area (Å²) >= 11 is 0. The highest BCUT2D eigenvalue weighted by Crippen LogP contribution is 2.26. The SMILES string of the molecule is CNC(=O)c1c(O)c(C)c2n(c1=O)CCC2. The van der Waals surface area contributed by atoms with E-state index in [2.05, 4.69) is 5.32 Å². The highest BCUT2D eigenvalue weighted by atomic mass is 16.3. The molecule has 1 aromatic rings. The molecule has 1 aliphatic heterocycles. The van der Waals surface area contributed by atoms with Crippen molar-refractivity contribution >= 4 is 5.91 Å². The molecule has 2 rings (SSSR count). The van der Waals surface area contributed by atoms with Crippen molar-refractivity contribution in [1.29, 1.82) is 0 Å². The van der Waals surface area contributed by atoms with E-state index in [9.17, 15) is 14.7 Å². The molecular weight excluding hydrogens is 208 g/mol. The largest absolute Gasteiger partial charge is 0.507 e. The Morgan fingerprint density at radius 2 is 2.19 bits per heavy atom. The molecule has 0 saturated heterocycles. The summed E-state index contributed by atoms with van der Waals surface area (Å²) in [6.45, 7) is 2.36. The van der Waals surface area contributed by atoms with Gasteiger partial charge in [-0.3, -0.25) is 9.59 Å². The molecule has 5 heteroatoms. The van der Waals surface area contributed by atoms with Crippen LogP contribution in [0.15, 0.2) is 4.79 Å². The summed E-state index contributed by atoms with van der Waals surface area (Å²) in [5.41, 5.74) is 0.937. The number of hydrogen-bond donors (Lipinski definition) is 2. The first-order valence-corrected chi connectivity index (χ1v) is 5.25. The Hall–Kier alpha value is -1.78. The van der Waals surface area contributed by atoms with Gasteiger partial charge in [0.15, 0.2) is 0 Å². The number of aromatic hydroxyl groups is 1. The number of nitrogens with zero attached hydrogens (tertiary/aromatic N) is 1. The van der Waals surface area contributed by atoms with Crippen molar-refractivity contribution in [3.05, 3.63) is 27.2 Å². The van der Waals surface area contributed by atoms with Crippen LogP contribution in [0.1, 0.15) is 28.0 Å². The molecule has 0 aromatic carbocycles. The molecule has 1 aliphatic rings. The van der Waals surface area contributed by atoms with E-state index in [4.69, 9.17) is 0 Å². The fourth-order valence-corrected chi connectivity index (χ4v) is 2.18. The summed E-state index contributed by atoms with van der Waals surface area (Å²) < 4.78 is 1.58. The first-order valence-electron chi connectivity index (χ1n) is 5.25. The maximum Gasteiger partial charge on any atom is 0.267 e. The van der Waals surface area contributed by atoms with Gasteiger partial charge in [0.2, 0.25) is 0 Å². The van der Waals surface area contributed by atoms with Gasteiger partial charge in [0, 0.05) is 24.8 Å². The van der Waals surface area contributed by atoms with Crippen molar-refractivity contribution in [2.45, 2.75) is 26.3 Å². The van der Waals surface area contributed by atoms with Crippen LogP contribution in [0.25, 0.3) is 0 Å². The van der Waals surface area contributed by atoms with Crippen molar-refractivity contribution < 1.29 is 9.90 Å². The van der Waals surface area contributed by atoms with Gasteiger partial charge >= 0.3 is 0 Å². The number of nitrogens with one attached hydrogen (secondary N) is 1. The van der Waals surface area contributed by atoms with Crippen molar-refractivity contribution in [2.75, 3.05) is 7.05 Å². The molecule has 16 heavy (non-hydrogen) atoms. The van der Waals surface area contributed by atoms with Crippen molar-refractivity contribution in [1.82, 2.24) is 9.88 Å². The van der Waals surface area contributed by atoms with Gasteiger partial charge in [-0.05, 0) is 19.8 Å². The zero-order chi connectivity index (χ0) is 11.9.